The van der Waals surface area contributed by atoms with E-state index in [9.17, 15) is 4.79 Å². The standard InChI is InChI=1S/C25H28N6O2/c32-25(22-2-1-11-27-22)29-20-5-3-18(4-6-20)23-16-26-17-24(30-23)28-19-7-9-21(10-8-19)31-12-14-33-15-13-31/h3-10,16-17,22,27H,1-2,11-15H2,(H,28,30)(H,29,32)/t22-/m0/s1. The summed E-state index contributed by atoms with van der Waals surface area (Å²) in [7, 11) is 0. The Labute approximate surface area is 193 Å². The molecule has 1 aromatic heterocycles. The lowest BCUT2D eigenvalue weighted by Crippen LogP contribution is -2.36. The molecule has 2 saturated heterocycles. The zero-order valence-electron chi connectivity index (χ0n) is 18.5. The highest BCUT2D eigenvalue weighted by atomic mass is 16.5. The normalized spacial score (nSPS) is 18.2. The maximum Gasteiger partial charge on any atom is 0.241 e. The molecule has 0 bridgehead atoms. The molecule has 3 aromatic rings. The van der Waals surface area contributed by atoms with E-state index in [1.807, 2.05) is 24.3 Å². The summed E-state index contributed by atoms with van der Waals surface area (Å²) in [6, 6.07) is 15.9. The maximum absolute atomic E-state index is 12.3. The molecule has 8 nitrogen and oxygen atoms in total. The number of anilines is 4. The molecule has 0 radical (unpaired) electrons. The number of amides is 1. The van der Waals surface area contributed by atoms with Crippen molar-refractivity contribution in [2.75, 3.05) is 48.4 Å². The first kappa shape index (κ1) is 21.4. The van der Waals surface area contributed by atoms with Crippen LogP contribution >= 0.6 is 0 Å². The first-order chi connectivity index (χ1) is 16.2. The van der Waals surface area contributed by atoms with Gasteiger partial charge in [-0.05, 0) is 55.8 Å². The van der Waals surface area contributed by atoms with Gasteiger partial charge in [-0.3, -0.25) is 9.78 Å². The fraction of sp³-hybridized carbons (Fsp3) is 0.320. The lowest BCUT2D eigenvalue weighted by atomic mass is 10.1. The summed E-state index contributed by atoms with van der Waals surface area (Å²) in [5.41, 5.74) is 4.63. The number of aromatic nitrogens is 2. The Kier molecular flexibility index (Phi) is 6.46. The molecule has 8 heteroatoms. The Balaban J connectivity index is 1.23. The monoisotopic (exact) mass is 444 g/mol. The first-order valence-electron chi connectivity index (χ1n) is 11.4. The quantitative estimate of drug-likeness (QED) is 0.537. The molecule has 0 unspecified atom stereocenters. The van der Waals surface area contributed by atoms with Crippen molar-refractivity contribution in [3.63, 3.8) is 0 Å². The Morgan fingerprint density at radius 1 is 1.00 bits per heavy atom. The predicted molar refractivity (Wildman–Crippen MR) is 130 cm³/mol. The Morgan fingerprint density at radius 2 is 1.76 bits per heavy atom. The number of nitrogens with one attached hydrogen (secondary N) is 3. The molecule has 2 fully saturated rings. The van der Waals surface area contributed by atoms with Crippen LogP contribution < -0.4 is 20.9 Å². The van der Waals surface area contributed by atoms with Crippen molar-refractivity contribution in [2.45, 2.75) is 18.9 Å². The molecule has 3 heterocycles. The average Bonchev–Trinajstić information content (AvgIpc) is 3.41. The third kappa shape index (κ3) is 5.30. The summed E-state index contributed by atoms with van der Waals surface area (Å²) in [6.45, 7) is 4.28. The zero-order valence-corrected chi connectivity index (χ0v) is 18.5. The SMILES string of the molecule is O=C(Nc1ccc(-c2cncc(Nc3ccc(N4CCOCC4)cc3)n2)cc1)[C@@H]1CCCN1. The van der Waals surface area contributed by atoms with Gasteiger partial charge >= 0.3 is 0 Å². The molecule has 1 amide bonds. The van der Waals surface area contributed by atoms with Crippen LogP contribution in [0.4, 0.5) is 22.9 Å². The van der Waals surface area contributed by atoms with E-state index in [0.717, 1.165) is 68.3 Å². The number of benzene rings is 2. The minimum absolute atomic E-state index is 0.0193. The topological polar surface area (TPSA) is 91.4 Å². The average molecular weight is 445 g/mol. The molecular formula is C25H28N6O2. The van der Waals surface area contributed by atoms with E-state index in [1.54, 1.807) is 12.4 Å². The largest absolute Gasteiger partial charge is 0.378 e. The van der Waals surface area contributed by atoms with E-state index in [-0.39, 0.29) is 11.9 Å². The van der Waals surface area contributed by atoms with Gasteiger partial charge in [-0.2, -0.15) is 0 Å². The van der Waals surface area contributed by atoms with Gasteiger partial charge in [0.15, 0.2) is 0 Å². The van der Waals surface area contributed by atoms with Crippen LogP contribution in [-0.2, 0) is 9.53 Å². The van der Waals surface area contributed by atoms with E-state index in [2.05, 4.69) is 50.1 Å². The molecule has 3 N–H and O–H groups in total. The van der Waals surface area contributed by atoms with Gasteiger partial charge in [0.25, 0.3) is 0 Å². The third-order valence-corrected chi connectivity index (χ3v) is 5.98. The van der Waals surface area contributed by atoms with Crippen LogP contribution in [0.2, 0.25) is 0 Å². The van der Waals surface area contributed by atoms with Gasteiger partial charge in [-0.15, -0.1) is 0 Å². The summed E-state index contributed by atoms with van der Waals surface area (Å²) in [5, 5.41) is 9.52. The summed E-state index contributed by atoms with van der Waals surface area (Å²) < 4.78 is 5.43. The molecular weight excluding hydrogens is 416 g/mol. The molecule has 2 aliphatic heterocycles. The predicted octanol–water partition coefficient (Wildman–Crippen LogP) is 3.41. The van der Waals surface area contributed by atoms with Crippen molar-refractivity contribution >= 4 is 28.8 Å². The van der Waals surface area contributed by atoms with E-state index in [1.165, 1.54) is 5.69 Å². The Morgan fingerprint density at radius 3 is 2.48 bits per heavy atom. The van der Waals surface area contributed by atoms with E-state index < -0.39 is 0 Å². The number of hydrogen-bond donors (Lipinski definition) is 3. The van der Waals surface area contributed by atoms with Crippen molar-refractivity contribution in [3.8, 4) is 11.3 Å². The van der Waals surface area contributed by atoms with E-state index in [4.69, 9.17) is 9.72 Å². The van der Waals surface area contributed by atoms with Gasteiger partial charge in [0.2, 0.25) is 5.91 Å². The minimum Gasteiger partial charge on any atom is -0.378 e. The summed E-state index contributed by atoms with van der Waals surface area (Å²) in [5.74, 6) is 0.696. The third-order valence-electron chi connectivity index (χ3n) is 5.98. The molecule has 1 atom stereocenters. The molecule has 2 aromatic carbocycles. The van der Waals surface area contributed by atoms with Crippen LogP contribution in [0.1, 0.15) is 12.8 Å². The number of carbonyl (C=O) groups is 1. The second-order valence-electron chi connectivity index (χ2n) is 8.28. The van der Waals surface area contributed by atoms with E-state index >= 15 is 0 Å². The highest BCUT2D eigenvalue weighted by Gasteiger charge is 2.21. The fourth-order valence-electron chi connectivity index (χ4n) is 4.15. The summed E-state index contributed by atoms with van der Waals surface area (Å²) in [4.78, 5) is 23.7. The molecule has 0 saturated carbocycles. The van der Waals surface area contributed by atoms with Crippen LogP contribution in [0.5, 0.6) is 0 Å². The lowest BCUT2D eigenvalue weighted by Gasteiger charge is -2.28. The number of rotatable bonds is 6. The number of hydrogen-bond acceptors (Lipinski definition) is 7. The number of morpholine rings is 1. The van der Waals surface area contributed by atoms with Crippen molar-refractivity contribution in [2.24, 2.45) is 0 Å². The molecule has 0 spiro atoms. The van der Waals surface area contributed by atoms with Crippen LogP contribution in [0.15, 0.2) is 60.9 Å². The maximum atomic E-state index is 12.3. The van der Waals surface area contributed by atoms with Crippen molar-refractivity contribution < 1.29 is 9.53 Å². The molecule has 33 heavy (non-hydrogen) atoms. The summed E-state index contributed by atoms with van der Waals surface area (Å²) >= 11 is 0. The second kappa shape index (κ2) is 9.97. The van der Waals surface area contributed by atoms with Crippen LogP contribution in [0.25, 0.3) is 11.3 Å². The van der Waals surface area contributed by atoms with Gasteiger partial charge in [0.1, 0.15) is 5.82 Å². The first-order valence-corrected chi connectivity index (χ1v) is 11.4. The van der Waals surface area contributed by atoms with E-state index in [0.29, 0.717) is 5.82 Å². The highest BCUT2D eigenvalue weighted by Crippen LogP contribution is 2.24. The second-order valence-corrected chi connectivity index (χ2v) is 8.28. The number of ether oxygens (including phenoxy) is 1. The van der Waals surface area contributed by atoms with Crippen molar-refractivity contribution in [1.82, 2.24) is 15.3 Å². The molecule has 170 valence electrons. The Bertz CT molecular complexity index is 1070. The zero-order chi connectivity index (χ0) is 22.5. The van der Waals surface area contributed by atoms with Gasteiger partial charge < -0.3 is 25.6 Å². The minimum atomic E-state index is -0.0961. The number of carbonyl (C=O) groups excluding carboxylic acids is 1. The van der Waals surface area contributed by atoms with Gasteiger partial charge in [0, 0.05) is 35.7 Å². The smallest absolute Gasteiger partial charge is 0.241 e. The lowest BCUT2D eigenvalue weighted by molar-refractivity contribution is -0.117. The number of nitrogens with zero attached hydrogens (tertiary/aromatic N) is 3. The van der Waals surface area contributed by atoms with Gasteiger partial charge in [0.05, 0.1) is 37.3 Å². The van der Waals surface area contributed by atoms with Gasteiger partial charge in [-0.1, -0.05) is 12.1 Å². The molecule has 2 aliphatic rings. The van der Waals surface area contributed by atoms with Crippen molar-refractivity contribution in [3.05, 3.63) is 60.9 Å². The Hall–Kier alpha value is -3.49. The van der Waals surface area contributed by atoms with Crippen LogP contribution in [0.3, 0.4) is 0 Å². The van der Waals surface area contributed by atoms with Gasteiger partial charge in [-0.25, -0.2) is 4.98 Å². The van der Waals surface area contributed by atoms with Crippen LogP contribution in [0, 0.1) is 0 Å². The summed E-state index contributed by atoms with van der Waals surface area (Å²) in [6.07, 6.45) is 5.37. The highest BCUT2D eigenvalue weighted by molar-refractivity contribution is 5.95. The molecule has 0 aliphatic carbocycles. The van der Waals surface area contributed by atoms with Crippen molar-refractivity contribution in [1.29, 1.82) is 0 Å². The molecule has 5 rings (SSSR count). The van der Waals surface area contributed by atoms with Crippen LogP contribution in [-0.4, -0.2) is 54.8 Å². The fourth-order valence-corrected chi connectivity index (χ4v) is 4.15.